The fraction of sp³-hybridized carbons (Fsp3) is 0.217. The summed E-state index contributed by atoms with van der Waals surface area (Å²) in [4.78, 5) is 1.02. The molecule has 2 aromatic carbocycles. The number of nitrogens with zero attached hydrogens (tertiary/aromatic N) is 3. The van der Waals surface area contributed by atoms with E-state index in [0.29, 0.717) is 58.8 Å². The first-order valence-corrected chi connectivity index (χ1v) is 11.4. The Morgan fingerprint density at radius 2 is 1.84 bits per heavy atom. The molecule has 0 unspecified atom stereocenters. The molecular weight excluding hydrogens is 450 g/mol. The van der Waals surface area contributed by atoms with Crippen molar-refractivity contribution in [2.75, 3.05) is 13.2 Å². The van der Waals surface area contributed by atoms with E-state index in [1.54, 1.807) is 10.7 Å². The number of phenols is 2. The summed E-state index contributed by atoms with van der Waals surface area (Å²) in [5.41, 5.74) is 3.26. The van der Waals surface area contributed by atoms with Crippen LogP contribution < -0.4 is 9.47 Å². The zero-order valence-corrected chi connectivity index (χ0v) is 18.8. The third-order valence-corrected chi connectivity index (χ3v) is 6.53. The number of phenolic OH excluding ortho intramolecular Hbond substituents is 2. The first-order valence-electron chi connectivity index (χ1n) is 10.2. The first-order chi connectivity index (χ1) is 15.5. The van der Waals surface area contributed by atoms with E-state index in [0.717, 1.165) is 16.1 Å². The normalized spacial score (nSPS) is 12.8. The Kier molecular flexibility index (Phi) is 5.40. The number of aromatic hydroxyl groups is 2. The number of ether oxygens (including phenoxy) is 2. The molecule has 1 aliphatic rings. The Labute approximate surface area is 193 Å². The fourth-order valence-electron chi connectivity index (χ4n) is 3.76. The van der Waals surface area contributed by atoms with Gasteiger partial charge in [-0.05, 0) is 48.4 Å². The molecule has 32 heavy (non-hydrogen) atoms. The van der Waals surface area contributed by atoms with E-state index >= 15 is 0 Å². The van der Waals surface area contributed by atoms with E-state index in [4.69, 9.17) is 21.1 Å². The predicted molar refractivity (Wildman–Crippen MR) is 123 cm³/mol. The highest BCUT2D eigenvalue weighted by Gasteiger charge is 2.23. The molecule has 2 N–H and O–H groups in total. The summed E-state index contributed by atoms with van der Waals surface area (Å²) in [7, 11) is 0. The molecule has 164 valence electrons. The molecule has 9 heteroatoms. The molecule has 0 bridgehead atoms. The molecule has 0 amide bonds. The van der Waals surface area contributed by atoms with Gasteiger partial charge in [0.15, 0.2) is 11.5 Å². The van der Waals surface area contributed by atoms with E-state index in [2.05, 4.69) is 10.3 Å². The second kappa shape index (κ2) is 8.37. The van der Waals surface area contributed by atoms with E-state index in [1.165, 1.54) is 17.4 Å². The summed E-state index contributed by atoms with van der Waals surface area (Å²) in [6, 6.07) is 12.6. The molecule has 0 aliphatic carbocycles. The Hall–Kier alpha value is -3.23. The Morgan fingerprint density at radius 3 is 2.59 bits per heavy atom. The smallest absolute Gasteiger partial charge is 0.162 e. The molecule has 0 radical (unpaired) electrons. The van der Waals surface area contributed by atoms with E-state index in [9.17, 15) is 10.2 Å². The SMILES string of the molecule is CCc1cc(-c2nnn(Cc3ccc(Cl)s3)c2-c2ccc3c(c2)OCCO3)c(O)cc1O. The number of benzene rings is 2. The molecular formula is C23H20ClN3O4S. The van der Waals surface area contributed by atoms with Crippen LogP contribution in [-0.4, -0.2) is 38.4 Å². The van der Waals surface area contributed by atoms with Crippen molar-refractivity contribution in [3.05, 3.63) is 57.2 Å². The molecule has 5 rings (SSSR count). The molecule has 0 fully saturated rings. The van der Waals surface area contributed by atoms with E-state index in [-0.39, 0.29) is 11.5 Å². The third kappa shape index (κ3) is 3.76. The Bertz CT molecular complexity index is 1300. The van der Waals surface area contributed by atoms with Crippen molar-refractivity contribution >= 4 is 22.9 Å². The summed E-state index contributed by atoms with van der Waals surface area (Å²) in [6.07, 6.45) is 0.611. The van der Waals surface area contributed by atoms with Crippen molar-refractivity contribution in [3.8, 4) is 45.5 Å². The molecule has 7 nitrogen and oxygen atoms in total. The van der Waals surface area contributed by atoms with Crippen LogP contribution in [0, 0.1) is 0 Å². The predicted octanol–water partition coefficient (Wildman–Crippen LogP) is 5.12. The van der Waals surface area contributed by atoms with E-state index < -0.39 is 0 Å². The van der Waals surface area contributed by atoms with Crippen LogP contribution >= 0.6 is 22.9 Å². The number of fused-ring (bicyclic) bond motifs is 1. The van der Waals surface area contributed by atoms with Crippen LogP contribution in [-0.2, 0) is 13.0 Å². The van der Waals surface area contributed by atoms with Gasteiger partial charge in [0.05, 0.1) is 16.6 Å². The summed E-state index contributed by atoms with van der Waals surface area (Å²) in [5, 5.41) is 29.6. The van der Waals surface area contributed by atoms with E-state index in [1.807, 2.05) is 37.3 Å². The third-order valence-electron chi connectivity index (χ3n) is 5.32. The summed E-state index contributed by atoms with van der Waals surface area (Å²) in [5.74, 6) is 1.32. The topological polar surface area (TPSA) is 89.6 Å². The fourth-order valence-corrected chi connectivity index (χ4v) is 4.83. The zero-order chi connectivity index (χ0) is 22.2. The van der Waals surface area contributed by atoms with Crippen molar-refractivity contribution < 1.29 is 19.7 Å². The average molecular weight is 470 g/mol. The quantitative estimate of drug-likeness (QED) is 0.421. The van der Waals surface area contributed by atoms with Gasteiger partial charge in [-0.2, -0.15) is 0 Å². The lowest BCUT2D eigenvalue weighted by atomic mass is 10.00. The van der Waals surface area contributed by atoms with Crippen molar-refractivity contribution in [3.63, 3.8) is 0 Å². The van der Waals surface area contributed by atoms with Crippen LogP contribution in [0.5, 0.6) is 23.0 Å². The van der Waals surface area contributed by atoms with Crippen LogP contribution in [0.3, 0.4) is 0 Å². The molecule has 3 heterocycles. The number of aromatic nitrogens is 3. The lowest BCUT2D eigenvalue weighted by Gasteiger charge is -2.19. The van der Waals surface area contributed by atoms with Gasteiger partial charge in [0.25, 0.3) is 0 Å². The second-order valence-electron chi connectivity index (χ2n) is 7.36. The van der Waals surface area contributed by atoms with Crippen LogP contribution in [0.25, 0.3) is 22.5 Å². The number of halogens is 1. The highest BCUT2D eigenvalue weighted by molar-refractivity contribution is 7.16. The Balaban J connectivity index is 1.68. The highest BCUT2D eigenvalue weighted by atomic mass is 35.5. The van der Waals surface area contributed by atoms with Crippen molar-refractivity contribution in [1.82, 2.24) is 15.0 Å². The van der Waals surface area contributed by atoms with Gasteiger partial charge < -0.3 is 19.7 Å². The summed E-state index contributed by atoms with van der Waals surface area (Å²) in [6.45, 7) is 3.40. The maximum Gasteiger partial charge on any atom is 0.162 e. The van der Waals surface area contributed by atoms with Gasteiger partial charge in [0, 0.05) is 22.1 Å². The van der Waals surface area contributed by atoms with Crippen molar-refractivity contribution in [2.45, 2.75) is 19.9 Å². The van der Waals surface area contributed by atoms with Crippen LogP contribution in [0.1, 0.15) is 17.4 Å². The van der Waals surface area contributed by atoms with Gasteiger partial charge in [-0.25, -0.2) is 4.68 Å². The maximum atomic E-state index is 10.6. The van der Waals surface area contributed by atoms with Gasteiger partial charge >= 0.3 is 0 Å². The number of thiophene rings is 1. The van der Waals surface area contributed by atoms with Gasteiger partial charge in [-0.15, -0.1) is 16.4 Å². The molecule has 0 atom stereocenters. The molecule has 1 aliphatic heterocycles. The van der Waals surface area contributed by atoms with Gasteiger partial charge in [0.1, 0.15) is 30.4 Å². The average Bonchev–Trinajstić information content (AvgIpc) is 3.39. The second-order valence-corrected chi connectivity index (χ2v) is 9.16. The first kappa shape index (κ1) is 20.7. The zero-order valence-electron chi connectivity index (χ0n) is 17.2. The summed E-state index contributed by atoms with van der Waals surface area (Å²) < 4.78 is 13.9. The number of rotatable bonds is 5. The largest absolute Gasteiger partial charge is 0.508 e. The number of hydrogen-bond donors (Lipinski definition) is 2. The molecule has 0 saturated heterocycles. The maximum absolute atomic E-state index is 10.6. The number of hydrogen-bond acceptors (Lipinski definition) is 7. The van der Waals surface area contributed by atoms with Gasteiger partial charge in [-0.3, -0.25) is 0 Å². The molecule has 4 aromatic rings. The van der Waals surface area contributed by atoms with Crippen LogP contribution in [0.15, 0.2) is 42.5 Å². The summed E-state index contributed by atoms with van der Waals surface area (Å²) >= 11 is 7.59. The Morgan fingerprint density at radius 1 is 1.03 bits per heavy atom. The van der Waals surface area contributed by atoms with Gasteiger partial charge in [0.2, 0.25) is 0 Å². The molecule has 0 spiro atoms. The minimum absolute atomic E-state index is 0.0512. The van der Waals surface area contributed by atoms with Crippen molar-refractivity contribution in [1.29, 1.82) is 0 Å². The van der Waals surface area contributed by atoms with Crippen LogP contribution in [0.2, 0.25) is 4.34 Å². The highest BCUT2D eigenvalue weighted by Crippen LogP contribution is 2.41. The monoisotopic (exact) mass is 469 g/mol. The lowest BCUT2D eigenvalue weighted by Crippen LogP contribution is -2.15. The minimum atomic E-state index is -0.0651. The minimum Gasteiger partial charge on any atom is -0.508 e. The molecule has 0 saturated carbocycles. The lowest BCUT2D eigenvalue weighted by molar-refractivity contribution is 0.171. The van der Waals surface area contributed by atoms with Crippen molar-refractivity contribution in [2.24, 2.45) is 0 Å². The molecule has 2 aromatic heterocycles. The van der Waals surface area contributed by atoms with Gasteiger partial charge in [-0.1, -0.05) is 23.7 Å². The standard InChI is InChI=1S/C23H20ClN3O4S/c1-2-13-9-16(18(29)11-17(13)28)22-23(14-3-5-19-20(10-14)31-8-7-30-19)27(26-25-22)12-15-4-6-21(24)32-15/h3-6,9-11,28-29H,2,7-8,12H2,1H3. The van der Waals surface area contributed by atoms with Crippen LogP contribution in [0.4, 0.5) is 0 Å². The number of aryl methyl sites for hydroxylation is 1.